The average molecular weight is 367 g/mol. The highest BCUT2D eigenvalue weighted by molar-refractivity contribution is 7.98. The molecule has 1 heterocycles. The molecule has 136 valence electrons. The highest BCUT2D eigenvalue weighted by Crippen LogP contribution is 2.22. The summed E-state index contributed by atoms with van der Waals surface area (Å²) in [5.41, 5.74) is 1.10. The van der Waals surface area contributed by atoms with Gasteiger partial charge in [-0.1, -0.05) is 11.8 Å². The van der Waals surface area contributed by atoms with E-state index >= 15 is 0 Å². The van der Waals surface area contributed by atoms with Gasteiger partial charge in [0.1, 0.15) is 11.5 Å². The molecule has 1 amide bonds. The number of carbonyl (C=O) groups excluding carboxylic acids is 1. The molecule has 25 heavy (non-hydrogen) atoms. The van der Waals surface area contributed by atoms with Crippen molar-refractivity contribution in [2.45, 2.75) is 11.6 Å². The summed E-state index contributed by atoms with van der Waals surface area (Å²) in [7, 11) is 1.62. The van der Waals surface area contributed by atoms with E-state index in [-0.39, 0.29) is 11.7 Å². The molecule has 0 saturated heterocycles. The summed E-state index contributed by atoms with van der Waals surface area (Å²) in [5, 5.41) is 3.52. The fourth-order valence-corrected chi connectivity index (χ4v) is 2.73. The van der Waals surface area contributed by atoms with E-state index in [1.165, 1.54) is 30.1 Å². The molecule has 0 aliphatic rings. The number of thioether (sulfide) groups is 1. The number of hydrogen-bond donors (Lipinski definition) is 1. The maximum Gasteiger partial charge on any atom is 0.269 e. The van der Waals surface area contributed by atoms with Crippen molar-refractivity contribution < 1.29 is 18.7 Å². The molecule has 0 radical (unpaired) electrons. The highest BCUT2D eigenvalue weighted by Gasteiger charge is 2.17. The zero-order valence-electron chi connectivity index (χ0n) is 14.3. The highest BCUT2D eigenvalue weighted by atomic mass is 32.2. The zero-order valence-corrected chi connectivity index (χ0v) is 15.1. The molecule has 0 saturated carbocycles. The number of rotatable bonds is 10. The van der Waals surface area contributed by atoms with Crippen molar-refractivity contribution in [2.24, 2.45) is 0 Å². The summed E-state index contributed by atoms with van der Waals surface area (Å²) in [4.78, 5) is 16.7. The largest absolute Gasteiger partial charge is 0.382 e. The number of halogens is 1. The number of nitrogens with zero attached hydrogens (tertiary/aromatic N) is 2. The third kappa shape index (κ3) is 5.55. The first-order valence-electron chi connectivity index (χ1n) is 7.90. The Hall–Kier alpha value is -1.90. The molecule has 8 heteroatoms. The van der Waals surface area contributed by atoms with Crippen LogP contribution in [0.3, 0.4) is 0 Å². The molecule has 2 rings (SSSR count). The average Bonchev–Trinajstić information content (AvgIpc) is 3.05. The Kier molecular flexibility index (Phi) is 7.90. The second-order valence-corrected chi connectivity index (χ2v) is 5.93. The number of carbonyl (C=O) groups is 1. The van der Waals surface area contributed by atoms with Crippen LogP contribution in [-0.4, -0.2) is 55.2 Å². The van der Waals surface area contributed by atoms with Crippen molar-refractivity contribution in [3.8, 4) is 5.69 Å². The van der Waals surface area contributed by atoms with Gasteiger partial charge >= 0.3 is 0 Å². The van der Waals surface area contributed by atoms with Gasteiger partial charge in [0.25, 0.3) is 5.91 Å². The fraction of sp³-hybridized carbons (Fsp3) is 0.412. The van der Waals surface area contributed by atoms with E-state index in [2.05, 4.69) is 10.3 Å². The van der Waals surface area contributed by atoms with E-state index < -0.39 is 0 Å². The summed E-state index contributed by atoms with van der Waals surface area (Å²) in [5.74, 6) is -0.553. The van der Waals surface area contributed by atoms with Gasteiger partial charge in [0.15, 0.2) is 5.16 Å². The fourth-order valence-electron chi connectivity index (χ4n) is 2.19. The topological polar surface area (TPSA) is 65.4 Å². The number of benzene rings is 1. The first-order chi connectivity index (χ1) is 12.2. The molecule has 0 fully saturated rings. The Bertz CT molecular complexity index is 676. The summed E-state index contributed by atoms with van der Waals surface area (Å²) < 4.78 is 25.1. The van der Waals surface area contributed by atoms with Crippen LogP contribution >= 0.6 is 11.8 Å². The molecule has 0 atom stereocenters. The molecular weight excluding hydrogens is 345 g/mol. The van der Waals surface area contributed by atoms with Crippen LogP contribution in [0, 0.1) is 5.82 Å². The van der Waals surface area contributed by atoms with Crippen molar-refractivity contribution in [3.05, 3.63) is 42.0 Å². The van der Waals surface area contributed by atoms with E-state index in [1.54, 1.807) is 23.8 Å². The Morgan fingerprint density at radius 2 is 2.04 bits per heavy atom. The summed E-state index contributed by atoms with van der Waals surface area (Å²) >= 11 is 1.42. The molecule has 1 aromatic carbocycles. The minimum atomic E-state index is -0.325. The van der Waals surface area contributed by atoms with Crippen LogP contribution in [0.25, 0.3) is 5.69 Å². The van der Waals surface area contributed by atoms with Gasteiger partial charge in [-0.3, -0.25) is 9.36 Å². The summed E-state index contributed by atoms with van der Waals surface area (Å²) in [6.07, 6.45) is 4.11. The van der Waals surface area contributed by atoms with E-state index in [4.69, 9.17) is 9.47 Å². The van der Waals surface area contributed by atoms with Crippen LogP contribution in [0.5, 0.6) is 0 Å². The quantitative estimate of drug-likeness (QED) is 0.516. The molecule has 0 aliphatic heterocycles. The predicted molar refractivity (Wildman–Crippen MR) is 94.9 cm³/mol. The summed E-state index contributed by atoms with van der Waals surface area (Å²) in [6, 6.07) is 5.96. The number of aromatic nitrogens is 2. The number of ether oxygens (including phenoxy) is 2. The van der Waals surface area contributed by atoms with Gasteiger partial charge in [-0.25, -0.2) is 9.37 Å². The molecule has 1 N–H and O–H groups in total. The van der Waals surface area contributed by atoms with Gasteiger partial charge in [0.2, 0.25) is 0 Å². The molecule has 1 aromatic heterocycles. The molecule has 2 aromatic rings. The Morgan fingerprint density at radius 1 is 1.28 bits per heavy atom. The third-order valence-corrected chi connectivity index (χ3v) is 4.07. The van der Waals surface area contributed by atoms with Crippen LogP contribution in [-0.2, 0) is 9.47 Å². The van der Waals surface area contributed by atoms with E-state index in [0.717, 1.165) is 0 Å². The third-order valence-electron chi connectivity index (χ3n) is 3.41. The Labute approximate surface area is 150 Å². The Balaban J connectivity index is 1.98. The van der Waals surface area contributed by atoms with Crippen molar-refractivity contribution in [1.29, 1.82) is 0 Å². The van der Waals surface area contributed by atoms with Crippen LogP contribution in [0.4, 0.5) is 4.39 Å². The minimum Gasteiger partial charge on any atom is -0.382 e. The van der Waals surface area contributed by atoms with Crippen molar-refractivity contribution in [3.63, 3.8) is 0 Å². The lowest BCUT2D eigenvalue weighted by molar-refractivity contribution is 0.0688. The van der Waals surface area contributed by atoms with Gasteiger partial charge in [0.05, 0.1) is 19.4 Å². The second-order valence-electron chi connectivity index (χ2n) is 5.16. The van der Waals surface area contributed by atoms with Crippen molar-refractivity contribution >= 4 is 17.7 Å². The smallest absolute Gasteiger partial charge is 0.269 e. The molecule has 0 aliphatic carbocycles. The minimum absolute atomic E-state index is 0.228. The van der Waals surface area contributed by atoms with E-state index in [9.17, 15) is 9.18 Å². The van der Waals surface area contributed by atoms with E-state index in [0.29, 0.717) is 49.3 Å². The van der Waals surface area contributed by atoms with Gasteiger partial charge < -0.3 is 14.8 Å². The number of imidazole rings is 1. The molecule has 0 unspecified atom stereocenters. The SMILES string of the molecule is COCCOCCCNC(=O)c1cnc(SC)n1-c1ccc(F)cc1. The van der Waals surface area contributed by atoms with Gasteiger partial charge in [0, 0.05) is 25.9 Å². The molecule has 6 nitrogen and oxygen atoms in total. The molecule has 0 bridgehead atoms. The number of amides is 1. The lowest BCUT2D eigenvalue weighted by Crippen LogP contribution is -2.27. The number of hydrogen-bond acceptors (Lipinski definition) is 5. The van der Waals surface area contributed by atoms with Crippen molar-refractivity contribution in [2.75, 3.05) is 39.7 Å². The van der Waals surface area contributed by atoms with Gasteiger partial charge in [-0.15, -0.1) is 0 Å². The molecular formula is C17H22FN3O3S. The van der Waals surface area contributed by atoms with Crippen LogP contribution < -0.4 is 5.32 Å². The second kappa shape index (κ2) is 10.2. The number of methoxy groups -OCH3 is 1. The Morgan fingerprint density at radius 3 is 2.72 bits per heavy atom. The molecule has 0 spiro atoms. The first kappa shape index (κ1) is 19.4. The summed E-state index contributed by atoms with van der Waals surface area (Å²) in [6.45, 7) is 2.14. The first-order valence-corrected chi connectivity index (χ1v) is 9.12. The van der Waals surface area contributed by atoms with E-state index in [1.807, 2.05) is 6.26 Å². The maximum absolute atomic E-state index is 13.2. The van der Waals surface area contributed by atoms with Gasteiger partial charge in [-0.05, 0) is 36.9 Å². The lowest BCUT2D eigenvalue weighted by atomic mass is 10.3. The zero-order chi connectivity index (χ0) is 18.1. The standard InChI is InChI=1S/C17H22FN3O3S/c1-23-10-11-24-9-3-8-19-16(22)15-12-20-17(25-2)21(15)14-6-4-13(18)5-7-14/h4-7,12H,3,8-11H2,1-2H3,(H,19,22). The lowest BCUT2D eigenvalue weighted by Gasteiger charge is -2.11. The van der Waals surface area contributed by atoms with Crippen LogP contribution in [0.1, 0.15) is 16.9 Å². The van der Waals surface area contributed by atoms with Crippen molar-refractivity contribution in [1.82, 2.24) is 14.9 Å². The monoisotopic (exact) mass is 367 g/mol. The maximum atomic E-state index is 13.2. The van der Waals surface area contributed by atoms with Crippen LogP contribution in [0.15, 0.2) is 35.6 Å². The van der Waals surface area contributed by atoms with Crippen LogP contribution in [0.2, 0.25) is 0 Å². The number of nitrogens with one attached hydrogen (secondary N) is 1. The van der Waals surface area contributed by atoms with Gasteiger partial charge in [-0.2, -0.15) is 0 Å². The normalized spacial score (nSPS) is 10.8. The predicted octanol–water partition coefficient (Wildman–Crippen LogP) is 2.52.